The molecule has 1 rings (SSSR count). The quantitative estimate of drug-likeness (QED) is 0.660. The van der Waals surface area contributed by atoms with Gasteiger partial charge in [0.05, 0.1) is 0 Å². The van der Waals surface area contributed by atoms with E-state index in [1.165, 1.54) is 0 Å². The molecule has 0 saturated heterocycles. The van der Waals surface area contributed by atoms with Gasteiger partial charge in [0.25, 0.3) is 0 Å². The lowest BCUT2D eigenvalue weighted by atomic mass is 10.2. The Morgan fingerprint density at radius 3 is 2.22 bits per heavy atom. The second-order valence-electron chi connectivity index (χ2n) is 1.75. The maximum atomic E-state index is 3.77. The molecule has 0 amide bonds. The Hall–Kier alpha value is 0.180. The van der Waals surface area contributed by atoms with E-state index in [9.17, 15) is 0 Å². The first-order chi connectivity index (χ1) is 4.20. The van der Waals surface area contributed by atoms with Crippen molar-refractivity contribution < 1.29 is 0 Å². The van der Waals surface area contributed by atoms with E-state index in [0.717, 1.165) is 14.5 Å². The highest BCUT2D eigenvalue weighted by Crippen LogP contribution is 2.22. The van der Waals surface area contributed by atoms with Crippen molar-refractivity contribution in [2.24, 2.45) is 0 Å². The predicted octanol–water partition coefficient (Wildman–Crippen LogP) is 3.39. The standard InChI is InChI=1S/C7H5Br2/c1-5-2-3-6(8)7(9)4-5/h2-4H,1H2. The number of hydrogen-bond donors (Lipinski definition) is 0. The second kappa shape index (κ2) is 2.84. The highest BCUT2D eigenvalue weighted by molar-refractivity contribution is 9.13. The molecule has 0 bridgehead atoms. The van der Waals surface area contributed by atoms with Gasteiger partial charge in [-0.1, -0.05) is 6.07 Å². The summed E-state index contributed by atoms with van der Waals surface area (Å²) in [5, 5.41) is 0. The number of rotatable bonds is 0. The van der Waals surface area contributed by atoms with E-state index < -0.39 is 0 Å². The first-order valence-corrected chi connectivity index (χ1v) is 4.06. The summed E-state index contributed by atoms with van der Waals surface area (Å²) >= 11 is 6.71. The zero-order valence-electron chi connectivity index (χ0n) is 4.70. The first kappa shape index (κ1) is 7.29. The molecule has 2 heteroatoms. The van der Waals surface area contributed by atoms with Gasteiger partial charge < -0.3 is 0 Å². The van der Waals surface area contributed by atoms with Gasteiger partial charge in [-0.05, 0) is 56.5 Å². The summed E-state index contributed by atoms with van der Waals surface area (Å²) in [5.41, 5.74) is 1.02. The minimum Gasteiger partial charge on any atom is -0.0578 e. The van der Waals surface area contributed by atoms with Crippen LogP contribution in [0, 0.1) is 6.92 Å². The Balaban J connectivity index is 3.17. The third-order valence-corrected chi connectivity index (χ3v) is 2.86. The Kier molecular flexibility index (Phi) is 2.30. The largest absolute Gasteiger partial charge is 0.0578 e. The molecule has 0 atom stereocenters. The van der Waals surface area contributed by atoms with Gasteiger partial charge in [-0.2, -0.15) is 0 Å². The Morgan fingerprint density at radius 2 is 1.78 bits per heavy atom. The van der Waals surface area contributed by atoms with Crippen LogP contribution in [0.4, 0.5) is 0 Å². The third kappa shape index (κ3) is 1.80. The highest BCUT2D eigenvalue weighted by atomic mass is 79.9. The van der Waals surface area contributed by atoms with Gasteiger partial charge in [0, 0.05) is 8.95 Å². The van der Waals surface area contributed by atoms with Crippen LogP contribution in [0.2, 0.25) is 0 Å². The first-order valence-electron chi connectivity index (χ1n) is 2.47. The lowest BCUT2D eigenvalue weighted by Crippen LogP contribution is -1.71. The molecule has 1 radical (unpaired) electrons. The summed E-state index contributed by atoms with van der Waals surface area (Å²) in [5.74, 6) is 0. The van der Waals surface area contributed by atoms with Gasteiger partial charge in [-0.25, -0.2) is 0 Å². The molecule has 0 N–H and O–H groups in total. The molecule has 0 unspecified atom stereocenters. The molecule has 0 aliphatic carbocycles. The molecule has 0 fully saturated rings. The van der Waals surface area contributed by atoms with Gasteiger partial charge in [0.1, 0.15) is 0 Å². The molecule has 0 aliphatic rings. The van der Waals surface area contributed by atoms with Crippen LogP contribution in [-0.2, 0) is 0 Å². The van der Waals surface area contributed by atoms with Crippen molar-refractivity contribution in [2.45, 2.75) is 0 Å². The van der Waals surface area contributed by atoms with Crippen molar-refractivity contribution >= 4 is 31.9 Å². The fourth-order valence-corrected chi connectivity index (χ4v) is 1.21. The summed E-state index contributed by atoms with van der Waals surface area (Å²) in [4.78, 5) is 0. The topological polar surface area (TPSA) is 0 Å². The number of halogens is 2. The molecule has 0 spiro atoms. The van der Waals surface area contributed by atoms with E-state index in [4.69, 9.17) is 0 Å². The molecule has 1 aromatic rings. The van der Waals surface area contributed by atoms with Gasteiger partial charge >= 0.3 is 0 Å². The van der Waals surface area contributed by atoms with Crippen molar-refractivity contribution in [3.05, 3.63) is 39.6 Å². The van der Waals surface area contributed by atoms with Crippen LogP contribution in [0.3, 0.4) is 0 Å². The minimum absolute atomic E-state index is 1.02. The van der Waals surface area contributed by atoms with Gasteiger partial charge in [0.15, 0.2) is 0 Å². The monoisotopic (exact) mass is 247 g/mol. The van der Waals surface area contributed by atoms with Crippen LogP contribution in [0.5, 0.6) is 0 Å². The summed E-state index contributed by atoms with van der Waals surface area (Å²) in [6, 6.07) is 5.88. The molecule has 0 aromatic heterocycles. The average Bonchev–Trinajstić information content (AvgIpc) is 1.80. The lowest BCUT2D eigenvalue weighted by Gasteiger charge is -1.94. The van der Waals surface area contributed by atoms with Gasteiger partial charge in [-0.3, -0.25) is 0 Å². The van der Waals surface area contributed by atoms with Crippen LogP contribution < -0.4 is 0 Å². The number of hydrogen-bond acceptors (Lipinski definition) is 0. The van der Waals surface area contributed by atoms with Gasteiger partial charge in [0.2, 0.25) is 0 Å². The van der Waals surface area contributed by atoms with Crippen molar-refractivity contribution in [1.82, 2.24) is 0 Å². The average molecular weight is 249 g/mol. The maximum Gasteiger partial charge on any atom is 0.0320 e. The molecule has 1 aromatic carbocycles. The normalized spacial score (nSPS) is 9.67. The van der Waals surface area contributed by atoms with Crippen LogP contribution in [-0.4, -0.2) is 0 Å². The summed E-state index contributed by atoms with van der Waals surface area (Å²) in [6.45, 7) is 3.77. The Bertz CT molecular complexity index is 218. The van der Waals surface area contributed by atoms with Crippen LogP contribution in [0.1, 0.15) is 5.56 Å². The van der Waals surface area contributed by atoms with Crippen LogP contribution in [0.25, 0.3) is 0 Å². The SMILES string of the molecule is [CH2]c1ccc(Br)c(Br)c1. The third-order valence-electron chi connectivity index (χ3n) is 0.984. The second-order valence-corrected chi connectivity index (χ2v) is 3.46. The lowest BCUT2D eigenvalue weighted by molar-refractivity contribution is 1.53. The fourth-order valence-electron chi connectivity index (χ4n) is 0.540. The van der Waals surface area contributed by atoms with Gasteiger partial charge in [-0.15, -0.1) is 0 Å². The van der Waals surface area contributed by atoms with Crippen molar-refractivity contribution in [3.63, 3.8) is 0 Å². The fraction of sp³-hybridized carbons (Fsp3) is 0. The maximum absolute atomic E-state index is 3.77. The van der Waals surface area contributed by atoms with Crippen LogP contribution >= 0.6 is 31.9 Å². The number of benzene rings is 1. The molecule has 9 heavy (non-hydrogen) atoms. The van der Waals surface area contributed by atoms with E-state index in [1.807, 2.05) is 18.2 Å². The van der Waals surface area contributed by atoms with E-state index >= 15 is 0 Å². The van der Waals surface area contributed by atoms with E-state index in [0.29, 0.717) is 0 Å². The van der Waals surface area contributed by atoms with E-state index in [1.54, 1.807) is 0 Å². The molecule has 0 aliphatic heterocycles. The smallest absolute Gasteiger partial charge is 0.0320 e. The summed E-state index contributed by atoms with van der Waals surface area (Å²) in [6.07, 6.45) is 0. The molecular weight excluding hydrogens is 244 g/mol. The molecular formula is C7H5Br2. The van der Waals surface area contributed by atoms with Crippen molar-refractivity contribution in [2.75, 3.05) is 0 Å². The molecule has 0 nitrogen and oxygen atoms in total. The van der Waals surface area contributed by atoms with E-state index in [2.05, 4.69) is 38.8 Å². The van der Waals surface area contributed by atoms with E-state index in [-0.39, 0.29) is 0 Å². The molecule has 0 saturated carbocycles. The Morgan fingerprint density at radius 1 is 1.11 bits per heavy atom. The Labute approximate surface area is 71.5 Å². The molecule has 47 valence electrons. The van der Waals surface area contributed by atoms with Crippen molar-refractivity contribution in [1.29, 1.82) is 0 Å². The van der Waals surface area contributed by atoms with Crippen molar-refractivity contribution in [3.8, 4) is 0 Å². The summed E-state index contributed by atoms with van der Waals surface area (Å²) in [7, 11) is 0. The zero-order chi connectivity index (χ0) is 6.85. The minimum atomic E-state index is 1.02. The zero-order valence-corrected chi connectivity index (χ0v) is 7.87. The highest BCUT2D eigenvalue weighted by Gasteiger charge is 1.92. The van der Waals surface area contributed by atoms with Crippen LogP contribution in [0.15, 0.2) is 27.1 Å². The molecule has 0 heterocycles. The summed E-state index contributed by atoms with van der Waals surface area (Å²) < 4.78 is 2.12. The predicted molar refractivity (Wildman–Crippen MR) is 46.3 cm³/mol.